The lowest BCUT2D eigenvalue weighted by atomic mass is 10.1. The molecule has 0 heterocycles. The molecule has 7 heteroatoms. The second-order valence-electron chi connectivity index (χ2n) is 4.10. The van der Waals surface area contributed by atoms with Crippen LogP contribution >= 0.6 is 0 Å². The molecule has 0 aliphatic rings. The second-order valence-corrected chi connectivity index (χ2v) is 4.91. The minimum atomic E-state index is -5.17. The maximum absolute atomic E-state index is 8.52. The lowest BCUT2D eigenvalue weighted by molar-refractivity contribution is -0.279. The second kappa shape index (κ2) is 7.67. The summed E-state index contributed by atoms with van der Waals surface area (Å²) in [6, 6.07) is 20.3. The van der Waals surface area contributed by atoms with Crippen LogP contribution in [0.5, 0.6) is 0 Å². The average molecular weight is 308 g/mol. The van der Waals surface area contributed by atoms with Gasteiger partial charge in [0.25, 0.3) is 0 Å². The van der Waals surface area contributed by atoms with Crippen LogP contribution in [0.25, 0.3) is 11.4 Å². The van der Waals surface area contributed by atoms with Gasteiger partial charge >= 0.3 is 0 Å². The fraction of sp³-hybridized carbons (Fsp3) is 0. The van der Waals surface area contributed by atoms with Gasteiger partial charge in [0.15, 0.2) is 11.4 Å². The first-order valence-corrected chi connectivity index (χ1v) is 7.28. The molecule has 2 aromatic carbocycles. The van der Waals surface area contributed by atoms with Crippen molar-refractivity contribution in [2.24, 2.45) is 0 Å². The third-order valence-corrected chi connectivity index (χ3v) is 2.61. The zero-order chi connectivity index (χ0) is 15.9. The Balaban J connectivity index is 0.000000383. The van der Waals surface area contributed by atoms with Crippen LogP contribution in [0.15, 0.2) is 60.7 Å². The highest BCUT2D eigenvalue weighted by Crippen LogP contribution is 2.14. The SMILES string of the molecule is O=S(=O)([O-])[O-].[NH3+]/C(=C(/[NH3+])c1ccccc1)c1ccccc1. The highest BCUT2D eigenvalue weighted by Gasteiger charge is 2.11. The topological polar surface area (TPSA) is 136 Å². The van der Waals surface area contributed by atoms with Crippen molar-refractivity contribution in [3.8, 4) is 0 Å². The molecule has 0 unspecified atom stereocenters. The molecule has 0 fully saturated rings. The van der Waals surface area contributed by atoms with E-state index in [0.29, 0.717) is 0 Å². The van der Waals surface area contributed by atoms with Crippen molar-refractivity contribution in [2.45, 2.75) is 0 Å². The Morgan fingerprint density at radius 2 is 0.952 bits per heavy atom. The van der Waals surface area contributed by atoms with Gasteiger partial charge in [0.05, 0.1) is 0 Å². The summed E-state index contributed by atoms with van der Waals surface area (Å²) in [5.74, 6) is 0. The first kappa shape index (κ1) is 17.0. The Bertz CT molecular complexity index is 643. The summed E-state index contributed by atoms with van der Waals surface area (Å²) >= 11 is 0. The molecule has 21 heavy (non-hydrogen) atoms. The van der Waals surface area contributed by atoms with Gasteiger partial charge in [-0.25, -0.2) is 0 Å². The van der Waals surface area contributed by atoms with E-state index in [1.54, 1.807) is 0 Å². The zero-order valence-electron chi connectivity index (χ0n) is 11.2. The zero-order valence-corrected chi connectivity index (χ0v) is 12.0. The fourth-order valence-corrected chi connectivity index (χ4v) is 1.63. The Kier molecular flexibility index (Phi) is 6.22. The number of quaternary nitrogens is 2. The van der Waals surface area contributed by atoms with E-state index in [1.807, 2.05) is 36.4 Å². The van der Waals surface area contributed by atoms with E-state index < -0.39 is 10.4 Å². The molecule has 0 aliphatic carbocycles. The molecule has 112 valence electrons. The molecule has 0 bridgehead atoms. The van der Waals surface area contributed by atoms with E-state index in [-0.39, 0.29) is 0 Å². The number of hydrogen-bond acceptors (Lipinski definition) is 4. The van der Waals surface area contributed by atoms with Crippen molar-refractivity contribution in [1.29, 1.82) is 0 Å². The van der Waals surface area contributed by atoms with Crippen LogP contribution in [0.2, 0.25) is 0 Å². The van der Waals surface area contributed by atoms with E-state index in [1.165, 1.54) is 0 Å². The number of hydrogen-bond donors (Lipinski definition) is 2. The standard InChI is InChI=1S/C14H14N2.H2O4S/c15-13(11-7-3-1-4-8-11)14(16)12-9-5-2-6-10-12;1-5(2,3)4/h1-10H,15-16H2;(H2,1,2,3,4)/b14-13+;. The summed E-state index contributed by atoms with van der Waals surface area (Å²) in [5.41, 5.74) is 12.4. The Labute approximate surface area is 123 Å². The highest BCUT2D eigenvalue weighted by atomic mass is 32.3. The number of rotatable bonds is 2. The van der Waals surface area contributed by atoms with Crippen LogP contribution < -0.4 is 11.5 Å². The van der Waals surface area contributed by atoms with Gasteiger partial charge in [-0.3, -0.25) is 8.42 Å². The van der Waals surface area contributed by atoms with Crippen molar-refractivity contribution in [2.75, 3.05) is 0 Å². The van der Waals surface area contributed by atoms with E-state index >= 15 is 0 Å². The molecule has 2 aromatic rings. The van der Waals surface area contributed by atoms with Gasteiger partial charge in [0.2, 0.25) is 0 Å². The molecule has 0 aliphatic heterocycles. The molecule has 0 spiro atoms. The maximum Gasteiger partial charge on any atom is 0.197 e. The molecular weight excluding hydrogens is 292 g/mol. The van der Waals surface area contributed by atoms with Crippen LogP contribution in [-0.4, -0.2) is 17.5 Å². The largest absolute Gasteiger partial charge is 0.759 e. The summed E-state index contributed by atoms with van der Waals surface area (Å²) in [6.45, 7) is 0. The van der Waals surface area contributed by atoms with Crippen molar-refractivity contribution < 1.29 is 29.0 Å². The van der Waals surface area contributed by atoms with E-state index in [2.05, 4.69) is 35.7 Å². The molecule has 6 nitrogen and oxygen atoms in total. The smallest absolute Gasteiger partial charge is 0.197 e. The monoisotopic (exact) mass is 308 g/mol. The average Bonchev–Trinajstić information content (AvgIpc) is 2.46. The van der Waals surface area contributed by atoms with Crippen molar-refractivity contribution in [1.82, 2.24) is 0 Å². The van der Waals surface area contributed by atoms with Crippen molar-refractivity contribution in [3.63, 3.8) is 0 Å². The van der Waals surface area contributed by atoms with Gasteiger partial charge in [0.1, 0.15) is 0 Å². The van der Waals surface area contributed by atoms with Crippen LogP contribution in [0.1, 0.15) is 11.1 Å². The quantitative estimate of drug-likeness (QED) is 0.445. The van der Waals surface area contributed by atoms with Crippen LogP contribution in [0.3, 0.4) is 0 Å². The normalized spacial score (nSPS) is 12.0. The van der Waals surface area contributed by atoms with Crippen LogP contribution in [0.4, 0.5) is 0 Å². The molecule has 0 atom stereocenters. The Hall–Kier alpha value is -2.03. The van der Waals surface area contributed by atoms with Gasteiger partial charge in [-0.2, -0.15) is 0 Å². The summed E-state index contributed by atoms with van der Waals surface area (Å²) in [5, 5.41) is 0. The summed E-state index contributed by atoms with van der Waals surface area (Å²) < 4.78 is 34.1. The molecule has 0 saturated heterocycles. The minimum Gasteiger partial charge on any atom is -0.759 e. The predicted octanol–water partition coefficient (Wildman–Crippen LogP) is -0.342. The van der Waals surface area contributed by atoms with Crippen LogP contribution in [0, 0.1) is 0 Å². The maximum atomic E-state index is 8.52. The molecule has 0 radical (unpaired) electrons. The van der Waals surface area contributed by atoms with Crippen molar-refractivity contribution in [3.05, 3.63) is 71.8 Å². The lowest BCUT2D eigenvalue weighted by Gasteiger charge is -2.06. The first-order chi connectivity index (χ1) is 9.79. The summed E-state index contributed by atoms with van der Waals surface area (Å²) in [7, 11) is -5.17. The van der Waals surface area contributed by atoms with Gasteiger partial charge in [0, 0.05) is 21.5 Å². The fourth-order valence-electron chi connectivity index (χ4n) is 1.63. The Morgan fingerprint density at radius 1 is 0.714 bits per heavy atom. The molecule has 2 rings (SSSR count). The minimum absolute atomic E-state index is 0.979. The molecule has 0 saturated carbocycles. The molecule has 0 aromatic heterocycles. The molecule has 0 amide bonds. The van der Waals surface area contributed by atoms with Gasteiger partial charge in [-0.15, -0.1) is 0 Å². The lowest BCUT2D eigenvalue weighted by Crippen LogP contribution is -2.56. The van der Waals surface area contributed by atoms with Crippen molar-refractivity contribution >= 4 is 21.8 Å². The Morgan fingerprint density at radius 3 is 1.19 bits per heavy atom. The van der Waals surface area contributed by atoms with Gasteiger partial charge in [-0.1, -0.05) is 36.4 Å². The molecular formula is C14H16N2O4S. The van der Waals surface area contributed by atoms with Gasteiger partial charge in [-0.05, 0) is 24.3 Å². The first-order valence-electron chi connectivity index (χ1n) is 5.95. The van der Waals surface area contributed by atoms with E-state index in [0.717, 1.165) is 22.5 Å². The number of benzene rings is 2. The summed E-state index contributed by atoms with van der Waals surface area (Å²) in [4.78, 5) is 0. The van der Waals surface area contributed by atoms with E-state index in [9.17, 15) is 0 Å². The third-order valence-electron chi connectivity index (χ3n) is 2.61. The van der Waals surface area contributed by atoms with Crippen LogP contribution in [-0.2, 0) is 10.4 Å². The highest BCUT2D eigenvalue weighted by molar-refractivity contribution is 7.79. The third kappa shape index (κ3) is 6.80. The van der Waals surface area contributed by atoms with E-state index in [4.69, 9.17) is 17.5 Å². The molecule has 6 N–H and O–H groups in total. The summed E-state index contributed by atoms with van der Waals surface area (Å²) in [6.07, 6.45) is 0. The predicted molar refractivity (Wildman–Crippen MR) is 75.9 cm³/mol. The van der Waals surface area contributed by atoms with Gasteiger partial charge < -0.3 is 20.6 Å².